The van der Waals surface area contributed by atoms with E-state index in [0.29, 0.717) is 52.9 Å². The smallest absolute Gasteiger partial charge is 0.0703 e. The van der Waals surface area contributed by atoms with Gasteiger partial charge in [-0.25, -0.2) is 0 Å². The molecule has 0 aliphatic carbocycles. The van der Waals surface area contributed by atoms with Crippen LogP contribution < -0.4 is 0 Å². The van der Waals surface area contributed by atoms with Crippen molar-refractivity contribution in [2.24, 2.45) is 0 Å². The van der Waals surface area contributed by atoms with Gasteiger partial charge >= 0.3 is 0 Å². The molecule has 0 saturated carbocycles. The minimum absolute atomic E-state index is 0.262. The molecule has 0 aliphatic rings. The average Bonchev–Trinajstić information content (AvgIpc) is 2.39. The van der Waals surface area contributed by atoms with E-state index in [2.05, 4.69) is 22.6 Å². The van der Waals surface area contributed by atoms with Gasteiger partial charge in [0.25, 0.3) is 0 Å². The monoisotopic (exact) mass is 390 g/mol. The van der Waals surface area contributed by atoms with Crippen molar-refractivity contribution < 1.29 is 23.7 Å². The molecule has 0 fully saturated rings. The third-order valence-electron chi connectivity index (χ3n) is 2.02. The molecule has 116 valence electrons. The quantitative estimate of drug-likeness (QED) is 0.243. The predicted octanol–water partition coefficient (Wildman–Crippen LogP) is 1.91. The maximum absolute atomic E-state index is 5.36. The molecule has 0 atom stereocenters. The van der Waals surface area contributed by atoms with Gasteiger partial charge in [0.2, 0.25) is 0 Å². The lowest BCUT2D eigenvalue weighted by atomic mass is 10.5. The van der Waals surface area contributed by atoms with Crippen molar-refractivity contribution in [3.8, 4) is 0 Å². The molecule has 0 unspecified atom stereocenters. The summed E-state index contributed by atoms with van der Waals surface area (Å²) < 4.78 is 27.7. The van der Waals surface area contributed by atoms with Crippen molar-refractivity contribution in [1.29, 1.82) is 0 Å². The summed E-state index contributed by atoms with van der Waals surface area (Å²) in [6.07, 6.45) is 0.262. The van der Waals surface area contributed by atoms with Crippen molar-refractivity contribution >= 4 is 22.6 Å². The molecule has 6 heteroatoms. The number of halogens is 1. The Labute approximate surface area is 130 Å². The van der Waals surface area contributed by atoms with Gasteiger partial charge in [-0.3, -0.25) is 0 Å². The molecule has 0 aliphatic heterocycles. The molecule has 0 rings (SSSR count). The highest BCUT2D eigenvalue weighted by Crippen LogP contribution is 1.88. The largest absolute Gasteiger partial charge is 0.378 e. The summed E-state index contributed by atoms with van der Waals surface area (Å²) in [7, 11) is 0. The fourth-order valence-corrected chi connectivity index (χ4v) is 1.47. The second-order valence-electron chi connectivity index (χ2n) is 4.06. The van der Waals surface area contributed by atoms with Crippen LogP contribution in [0.15, 0.2) is 0 Å². The Morgan fingerprint density at radius 3 is 1.37 bits per heavy atom. The second kappa shape index (κ2) is 16.6. The summed E-state index contributed by atoms with van der Waals surface area (Å²) in [5, 5.41) is 0. The van der Waals surface area contributed by atoms with E-state index in [4.69, 9.17) is 23.7 Å². The van der Waals surface area contributed by atoms with E-state index in [1.807, 2.05) is 13.8 Å². The first-order chi connectivity index (χ1) is 9.27. The normalized spacial score (nSPS) is 11.4. The molecule has 0 amide bonds. The fraction of sp³-hybridized carbons (Fsp3) is 1.00. The third-order valence-corrected chi connectivity index (χ3v) is 2.46. The number of hydrogen-bond donors (Lipinski definition) is 0. The van der Waals surface area contributed by atoms with E-state index in [9.17, 15) is 0 Å². The zero-order valence-corrected chi connectivity index (χ0v) is 14.2. The average molecular weight is 390 g/mol. The van der Waals surface area contributed by atoms with Crippen LogP contribution in [0.5, 0.6) is 0 Å². The summed E-state index contributed by atoms with van der Waals surface area (Å²) in [6.45, 7) is 9.73. The van der Waals surface area contributed by atoms with Gasteiger partial charge in [-0.15, -0.1) is 0 Å². The zero-order valence-electron chi connectivity index (χ0n) is 12.1. The summed E-state index contributed by atoms with van der Waals surface area (Å²) in [5.41, 5.74) is 0. The van der Waals surface area contributed by atoms with Gasteiger partial charge in [0.05, 0.1) is 65.6 Å². The summed E-state index contributed by atoms with van der Waals surface area (Å²) in [6, 6.07) is 0. The van der Waals surface area contributed by atoms with Crippen LogP contribution in [0.1, 0.15) is 13.8 Å². The number of ether oxygens (including phenoxy) is 5. The molecular weight excluding hydrogens is 363 g/mol. The standard InChI is InChI=1S/C13H27IO5/c1-13(2)19-12-11-18-10-9-17-8-7-16-6-5-15-4-3-14/h13H,3-12H2,1-2H3. The van der Waals surface area contributed by atoms with Crippen LogP contribution in [0, 0.1) is 0 Å². The van der Waals surface area contributed by atoms with Gasteiger partial charge in [-0.1, -0.05) is 22.6 Å². The fourth-order valence-electron chi connectivity index (χ4n) is 1.16. The Kier molecular flexibility index (Phi) is 17.0. The first-order valence-electron chi connectivity index (χ1n) is 6.76. The minimum Gasteiger partial charge on any atom is -0.378 e. The van der Waals surface area contributed by atoms with Crippen LogP contribution in [0.25, 0.3) is 0 Å². The van der Waals surface area contributed by atoms with Crippen LogP contribution in [0.2, 0.25) is 0 Å². The molecule has 5 nitrogen and oxygen atoms in total. The van der Waals surface area contributed by atoms with Gasteiger partial charge < -0.3 is 23.7 Å². The first-order valence-corrected chi connectivity index (χ1v) is 8.28. The van der Waals surface area contributed by atoms with Crippen LogP contribution in [0.3, 0.4) is 0 Å². The van der Waals surface area contributed by atoms with Crippen molar-refractivity contribution in [2.75, 3.05) is 63.9 Å². The van der Waals surface area contributed by atoms with E-state index >= 15 is 0 Å². The van der Waals surface area contributed by atoms with Crippen LogP contribution in [0.4, 0.5) is 0 Å². The van der Waals surface area contributed by atoms with Crippen molar-refractivity contribution in [3.63, 3.8) is 0 Å². The van der Waals surface area contributed by atoms with E-state index in [-0.39, 0.29) is 6.10 Å². The van der Waals surface area contributed by atoms with E-state index < -0.39 is 0 Å². The Bertz CT molecular complexity index is 169. The summed E-state index contributed by atoms with van der Waals surface area (Å²) >= 11 is 2.28. The number of hydrogen-bond acceptors (Lipinski definition) is 5. The summed E-state index contributed by atoms with van der Waals surface area (Å²) in [5.74, 6) is 0. The molecule has 0 saturated heterocycles. The van der Waals surface area contributed by atoms with Gasteiger partial charge in [0.1, 0.15) is 0 Å². The first kappa shape index (κ1) is 19.5. The topological polar surface area (TPSA) is 46.2 Å². The summed E-state index contributed by atoms with van der Waals surface area (Å²) in [4.78, 5) is 0. The van der Waals surface area contributed by atoms with Gasteiger partial charge in [0.15, 0.2) is 0 Å². The molecular formula is C13H27IO5. The molecule has 19 heavy (non-hydrogen) atoms. The predicted molar refractivity (Wildman–Crippen MR) is 83.3 cm³/mol. The molecule has 0 bridgehead atoms. The minimum atomic E-state index is 0.262. The maximum atomic E-state index is 5.36. The lowest BCUT2D eigenvalue weighted by Crippen LogP contribution is -2.14. The highest BCUT2D eigenvalue weighted by molar-refractivity contribution is 14.1. The van der Waals surface area contributed by atoms with Crippen molar-refractivity contribution in [2.45, 2.75) is 20.0 Å². The Hall–Kier alpha value is 0.530. The molecule has 0 radical (unpaired) electrons. The lowest BCUT2D eigenvalue weighted by molar-refractivity contribution is -0.0168. The van der Waals surface area contributed by atoms with E-state index in [1.165, 1.54) is 0 Å². The maximum Gasteiger partial charge on any atom is 0.0703 e. The van der Waals surface area contributed by atoms with Crippen molar-refractivity contribution in [3.05, 3.63) is 0 Å². The highest BCUT2D eigenvalue weighted by atomic mass is 127. The Balaban J connectivity index is 2.91. The lowest BCUT2D eigenvalue weighted by Gasteiger charge is -2.08. The Morgan fingerprint density at radius 2 is 1.00 bits per heavy atom. The van der Waals surface area contributed by atoms with Gasteiger partial charge in [-0.2, -0.15) is 0 Å². The van der Waals surface area contributed by atoms with Crippen molar-refractivity contribution in [1.82, 2.24) is 0 Å². The molecule has 0 spiro atoms. The van der Waals surface area contributed by atoms with Crippen LogP contribution in [-0.2, 0) is 23.7 Å². The SMILES string of the molecule is CC(C)OCCOCCOCCOCCOCCI. The van der Waals surface area contributed by atoms with Crippen LogP contribution >= 0.6 is 22.6 Å². The Morgan fingerprint density at radius 1 is 0.632 bits per heavy atom. The second-order valence-corrected chi connectivity index (χ2v) is 5.14. The zero-order chi connectivity index (χ0) is 14.2. The third kappa shape index (κ3) is 18.5. The number of alkyl halides is 1. The molecule has 0 N–H and O–H groups in total. The van der Waals surface area contributed by atoms with Gasteiger partial charge in [0, 0.05) is 4.43 Å². The van der Waals surface area contributed by atoms with Crippen LogP contribution in [-0.4, -0.2) is 70.0 Å². The number of rotatable bonds is 15. The van der Waals surface area contributed by atoms with E-state index in [0.717, 1.165) is 11.0 Å². The highest BCUT2D eigenvalue weighted by Gasteiger charge is 1.94. The van der Waals surface area contributed by atoms with E-state index in [1.54, 1.807) is 0 Å². The molecule has 0 aromatic heterocycles. The molecule has 0 aromatic rings. The molecule has 0 heterocycles. The van der Waals surface area contributed by atoms with Gasteiger partial charge in [-0.05, 0) is 13.8 Å². The molecule has 0 aromatic carbocycles.